The Morgan fingerprint density at radius 2 is 1.48 bits per heavy atom. The lowest BCUT2D eigenvalue weighted by Crippen LogP contribution is -2.60. The second-order valence-corrected chi connectivity index (χ2v) is 6.44. The van der Waals surface area contributed by atoms with Crippen LogP contribution >= 0.6 is 0 Å². The highest BCUT2D eigenvalue weighted by atomic mass is 16.2. The minimum absolute atomic E-state index is 0.153. The largest absolute Gasteiger partial charge is 0.529 e. The molecule has 0 saturated carbocycles. The van der Waals surface area contributed by atoms with Gasteiger partial charge in [-0.15, -0.1) is 9.15 Å². The van der Waals surface area contributed by atoms with Crippen molar-refractivity contribution in [1.29, 1.82) is 0 Å². The molecule has 0 N–H and O–H groups in total. The monoisotopic (exact) mass is 336 g/mol. The van der Waals surface area contributed by atoms with Gasteiger partial charge in [0.25, 0.3) is 10.7 Å². The number of fused-ring (bicyclic) bond motifs is 1. The van der Waals surface area contributed by atoms with Crippen LogP contribution in [-0.2, 0) is 9.59 Å². The van der Waals surface area contributed by atoms with Gasteiger partial charge in [0.15, 0.2) is 0 Å². The summed E-state index contributed by atoms with van der Waals surface area (Å²) >= 11 is 0. The molecule has 25 heavy (non-hydrogen) atoms. The maximum absolute atomic E-state index is 12.9. The number of Topliss-reactive ketones (excluding diaryl/α,β-unsaturated/α-hetero) is 1. The SMILES string of the molecule is Cc1cc(C)c(C(=O)C[N+]2=c3ccccc3=[N+](C)C(=O)C2=O)c(C)c1. The summed E-state index contributed by atoms with van der Waals surface area (Å²) < 4.78 is 2.60. The lowest BCUT2D eigenvalue weighted by molar-refractivity contribution is -0.141. The van der Waals surface area contributed by atoms with E-state index in [-0.39, 0.29) is 12.3 Å². The summed E-state index contributed by atoms with van der Waals surface area (Å²) in [6, 6.07) is 11.0. The summed E-state index contributed by atoms with van der Waals surface area (Å²) in [6.45, 7) is 5.60. The molecule has 0 spiro atoms. The summed E-state index contributed by atoms with van der Waals surface area (Å²) in [5.74, 6) is -1.49. The van der Waals surface area contributed by atoms with Crippen molar-refractivity contribution in [3.05, 3.63) is 69.4 Å². The number of ketones is 1. The Kier molecular flexibility index (Phi) is 4.17. The Hall–Kier alpha value is -2.95. The predicted octanol–water partition coefficient (Wildman–Crippen LogP) is 0.174. The minimum Gasteiger partial charge on any atom is -0.287 e. The van der Waals surface area contributed by atoms with Gasteiger partial charge in [-0.1, -0.05) is 29.8 Å². The molecule has 0 unspecified atom stereocenters. The van der Waals surface area contributed by atoms with Crippen LogP contribution < -0.4 is 19.9 Å². The fraction of sp³-hybridized carbons (Fsp3) is 0.250. The molecule has 0 radical (unpaired) electrons. The van der Waals surface area contributed by atoms with Gasteiger partial charge in [0.1, 0.15) is 7.05 Å². The van der Waals surface area contributed by atoms with Gasteiger partial charge < -0.3 is 0 Å². The second kappa shape index (κ2) is 6.16. The second-order valence-electron chi connectivity index (χ2n) is 6.44. The van der Waals surface area contributed by atoms with E-state index in [0.717, 1.165) is 16.7 Å². The zero-order chi connectivity index (χ0) is 18.3. The number of amides is 2. The highest BCUT2D eigenvalue weighted by Crippen LogP contribution is 2.17. The molecule has 0 aromatic heterocycles. The molecule has 2 amide bonds. The zero-order valence-corrected chi connectivity index (χ0v) is 14.8. The van der Waals surface area contributed by atoms with Crippen molar-refractivity contribution < 1.29 is 14.4 Å². The van der Waals surface area contributed by atoms with Gasteiger partial charge in [0.05, 0.1) is 0 Å². The van der Waals surface area contributed by atoms with E-state index in [1.54, 1.807) is 31.3 Å². The maximum atomic E-state index is 12.9. The van der Waals surface area contributed by atoms with Gasteiger partial charge in [-0.25, -0.2) is 9.59 Å². The number of nitrogens with zero attached hydrogens (tertiary/aromatic N) is 2. The van der Waals surface area contributed by atoms with E-state index in [0.29, 0.717) is 16.3 Å². The molecule has 3 rings (SSSR count). The van der Waals surface area contributed by atoms with Gasteiger partial charge in [0, 0.05) is 17.7 Å². The molecular formula is C20H20N2O3+2. The van der Waals surface area contributed by atoms with Crippen LogP contribution in [0, 0.1) is 20.8 Å². The van der Waals surface area contributed by atoms with Gasteiger partial charge >= 0.3 is 11.8 Å². The number of hydrogen-bond acceptors (Lipinski definition) is 3. The average molecular weight is 336 g/mol. The van der Waals surface area contributed by atoms with Crippen molar-refractivity contribution in [2.24, 2.45) is 0 Å². The summed E-state index contributed by atoms with van der Waals surface area (Å²) in [6.07, 6.45) is 0. The number of rotatable bonds is 3. The highest BCUT2D eigenvalue weighted by molar-refractivity contribution is 6.36. The van der Waals surface area contributed by atoms with Gasteiger partial charge in [-0.2, -0.15) is 0 Å². The fourth-order valence-electron chi connectivity index (χ4n) is 3.45. The van der Waals surface area contributed by atoms with Crippen LogP contribution in [0.4, 0.5) is 0 Å². The molecule has 0 aliphatic carbocycles. The summed E-state index contributed by atoms with van der Waals surface area (Å²) in [4.78, 5) is 37.6. The van der Waals surface area contributed by atoms with Crippen LogP contribution in [0.25, 0.3) is 0 Å². The predicted molar refractivity (Wildman–Crippen MR) is 94.0 cm³/mol. The molecule has 0 atom stereocenters. The van der Waals surface area contributed by atoms with Crippen molar-refractivity contribution in [3.63, 3.8) is 0 Å². The van der Waals surface area contributed by atoms with Gasteiger partial charge in [-0.05, 0) is 31.9 Å². The van der Waals surface area contributed by atoms with Crippen LogP contribution in [0.15, 0.2) is 36.4 Å². The Morgan fingerprint density at radius 1 is 0.920 bits per heavy atom. The Labute approximate surface area is 145 Å². The first-order valence-electron chi connectivity index (χ1n) is 8.11. The molecule has 1 heterocycles. The van der Waals surface area contributed by atoms with Crippen LogP contribution in [0.3, 0.4) is 0 Å². The van der Waals surface area contributed by atoms with Gasteiger partial charge in [0.2, 0.25) is 12.3 Å². The van der Waals surface area contributed by atoms with E-state index in [2.05, 4.69) is 0 Å². The molecule has 0 bridgehead atoms. The van der Waals surface area contributed by atoms with Crippen LogP contribution in [0.2, 0.25) is 0 Å². The third-order valence-electron chi connectivity index (χ3n) is 4.52. The number of likely N-dealkylation sites (N-methyl/N-ethyl adjacent to an activating group) is 1. The normalized spacial score (nSPS) is 13.9. The van der Waals surface area contributed by atoms with Crippen LogP contribution in [0.5, 0.6) is 0 Å². The molecule has 2 aromatic carbocycles. The lowest BCUT2D eigenvalue weighted by Gasteiger charge is -2.09. The first kappa shape index (κ1) is 16.9. The van der Waals surface area contributed by atoms with Crippen LogP contribution in [0.1, 0.15) is 27.0 Å². The number of hydrogen-bond donors (Lipinski definition) is 0. The number of para-hydroxylation sites is 2. The summed E-state index contributed by atoms with van der Waals surface area (Å²) in [5.41, 5.74) is 3.46. The summed E-state index contributed by atoms with van der Waals surface area (Å²) in [7, 11) is 1.56. The first-order chi connectivity index (χ1) is 11.8. The fourth-order valence-corrected chi connectivity index (χ4v) is 3.45. The van der Waals surface area contributed by atoms with Crippen molar-refractivity contribution in [2.45, 2.75) is 20.8 Å². The topological polar surface area (TPSA) is 57.2 Å². The quantitative estimate of drug-likeness (QED) is 0.456. The molecule has 1 aliphatic heterocycles. The van der Waals surface area contributed by atoms with Crippen molar-refractivity contribution in [1.82, 2.24) is 9.15 Å². The molecule has 5 nitrogen and oxygen atoms in total. The molecule has 0 saturated heterocycles. The average Bonchev–Trinajstić information content (AvgIpc) is 2.56. The number of benzene rings is 2. The summed E-state index contributed by atoms with van der Waals surface area (Å²) in [5, 5.41) is 1.20. The van der Waals surface area contributed by atoms with E-state index < -0.39 is 11.8 Å². The molecule has 2 aromatic rings. The third-order valence-corrected chi connectivity index (χ3v) is 4.52. The number of aryl methyl sites for hydroxylation is 3. The lowest BCUT2D eigenvalue weighted by atomic mass is 9.96. The third kappa shape index (κ3) is 2.82. The number of carbonyl (C=O) groups excluding carboxylic acids is 3. The van der Waals surface area contributed by atoms with E-state index in [1.807, 2.05) is 32.9 Å². The van der Waals surface area contributed by atoms with E-state index in [1.165, 1.54) is 9.15 Å². The Morgan fingerprint density at radius 3 is 2.08 bits per heavy atom. The van der Waals surface area contributed by atoms with Crippen molar-refractivity contribution in [2.75, 3.05) is 13.6 Å². The molecule has 1 aliphatic rings. The van der Waals surface area contributed by atoms with Crippen molar-refractivity contribution in [3.8, 4) is 0 Å². The van der Waals surface area contributed by atoms with E-state index in [9.17, 15) is 14.4 Å². The highest BCUT2D eigenvalue weighted by Gasteiger charge is 2.42. The van der Waals surface area contributed by atoms with Crippen LogP contribution in [-0.4, -0.2) is 31.2 Å². The minimum atomic E-state index is -0.683. The number of carbonyl (C=O) groups is 3. The van der Waals surface area contributed by atoms with E-state index >= 15 is 0 Å². The Bertz CT molecular complexity index is 1040. The maximum Gasteiger partial charge on any atom is 0.529 e. The zero-order valence-electron chi connectivity index (χ0n) is 14.8. The molecule has 0 fully saturated rings. The van der Waals surface area contributed by atoms with Gasteiger partial charge in [-0.3, -0.25) is 4.79 Å². The smallest absolute Gasteiger partial charge is 0.287 e. The molecular weight excluding hydrogens is 316 g/mol. The Balaban J connectivity index is 2.16. The van der Waals surface area contributed by atoms with Crippen molar-refractivity contribution >= 4 is 17.6 Å². The van der Waals surface area contributed by atoms with E-state index in [4.69, 9.17) is 0 Å². The first-order valence-corrected chi connectivity index (χ1v) is 8.11. The molecule has 5 heteroatoms. The molecule has 126 valence electrons. The standard InChI is InChI=1S/C20H20N2O3/c1-12-9-13(2)18(14(3)10-12)17(23)11-22-16-8-6-5-7-15(16)21(4)19(24)20(22)25/h5-10H,11H2,1-4H3/q+2.